The molecule has 0 unspecified atom stereocenters. The molecular weight excluding hydrogens is 100 g/mol. The number of rotatable bonds is 3. The van der Waals surface area contributed by atoms with Crippen LogP contribution >= 0.6 is 0 Å². The van der Waals surface area contributed by atoms with E-state index in [1.54, 1.807) is 6.08 Å². The van der Waals surface area contributed by atoms with Gasteiger partial charge in [-0.1, -0.05) is 6.58 Å². The predicted molar refractivity (Wildman–Crippen MR) is 37.0 cm³/mol. The summed E-state index contributed by atoms with van der Waals surface area (Å²) in [6.07, 6.45) is 1.71. The lowest BCUT2D eigenvalue weighted by molar-refractivity contribution is 0.783. The molecule has 0 radical (unpaired) electrons. The lowest BCUT2D eigenvalue weighted by Crippen LogP contribution is -2.05. The molecule has 0 aromatic rings. The molecule has 46 valence electrons. The summed E-state index contributed by atoms with van der Waals surface area (Å²) in [6.45, 7) is 8.31. The van der Waals surface area contributed by atoms with Crippen LogP contribution in [-0.4, -0.2) is 12.3 Å². The molecule has 0 saturated heterocycles. The molecule has 0 atom stereocenters. The van der Waals surface area contributed by atoms with E-state index in [2.05, 4.69) is 17.1 Å². The third-order valence-electron chi connectivity index (χ3n) is 0.709. The summed E-state index contributed by atoms with van der Waals surface area (Å²) in [5.74, 6) is 0. The number of hydrogen-bond acceptors (Lipinski definition) is 2. The highest BCUT2D eigenvalue weighted by molar-refractivity contribution is 5.91. The first-order chi connectivity index (χ1) is 3.81. The molecule has 0 fully saturated rings. The molecule has 0 rings (SSSR count). The van der Waals surface area contributed by atoms with E-state index in [9.17, 15) is 0 Å². The number of nitrogens with zero attached hydrogens (tertiary/aromatic N) is 1. The van der Waals surface area contributed by atoms with Gasteiger partial charge < -0.3 is 5.43 Å². The van der Waals surface area contributed by atoms with Gasteiger partial charge in [0.05, 0.1) is 5.71 Å². The van der Waals surface area contributed by atoms with Crippen molar-refractivity contribution in [2.24, 2.45) is 5.10 Å². The highest BCUT2D eigenvalue weighted by atomic mass is 15.3. The van der Waals surface area contributed by atoms with Crippen molar-refractivity contribution in [1.82, 2.24) is 5.43 Å². The van der Waals surface area contributed by atoms with Crippen LogP contribution < -0.4 is 5.43 Å². The molecule has 0 aromatic carbocycles. The molecule has 0 saturated carbocycles. The molecular formula is C6H12N2. The molecule has 2 heteroatoms. The molecule has 1 N–H and O–H groups in total. The Hall–Kier alpha value is -0.790. The standard InChI is InChI=1S/C6H12N2/c1-4-6(3)8-7-5-2/h4,7H,1,5H2,2-3H3/b8-6-. The van der Waals surface area contributed by atoms with Gasteiger partial charge in [0, 0.05) is 6.54 Å². The smallest absolute Gasteiger partial charge is 0.0566 e. The summed E-state index contributed by atoms with van der Waals surface area (Å²) in [5, 5.41) is 3.91. The number of hydrogen-bond donors (Lipinski definition) is 1. The average molecular weight is 112 g/mol. The van der Waals surface area contributed by atoms with Gasteiger partial charge in [-0.25, -0.2) is 0 Å². The summed E-state index contributed by atoms with van der Waals surface area (Å²) in [7, 11) is 0. The SMILES string of the molecule is C=C/C(C)=N\NCC. The second-order valence-corrected chi connectivity index (χ2v) is 1.47. The zero-order chi connectivity index (χ0) is 6.41. The van der Waals surface area contributed by atoms with Crippen molar-refractivity contribution in [3.8, 4) is 0 Å². The molecule has 0 heterocycles. The molecule has 0 bridgehead atoms. The minimum absolute atomic E-state index is 0.866. The lowest BCUT2D eigenvalue weighted by atomic mass is 10.4. The van der Waals surface area contributed by atoms with Crippen LogP contribution in [0.2, 0.25) is 0 Å². The Morgan fingerprint density at radius 2 is 2.50 bits per heavy atom. The highest BCUT2D eigenvalue weighted by Gasteiger charge is 1.75. The Bertz CT molecular complexity index is 94.7. The van der Waals surface area contributed by atoms with Crippen molar-refractivity contribution >= 4 is 5.71 Å². The van der Waals surface area contributed by atoms with E-state index < -0.39 is 0 Å². The van der Waals surface area contributed by atoms with Gasteiger partial charge >= 0.3 is 0 Å². The van der Waals surface area contributed by atoms with Gasteiger partial charge in [0.1, 0.15) is 0 Å². The van der Waals surface area contributed by atoms with E-state index in [-0.39, 0.29) is 0 Å². The lowest BCUT2D eigenvalue weighted by Gasteiger charge is -1.91. The first-order valence-corrected chi connectivity index (χ1v) is 2.70. The van der Waals surface area contributed by atoms with Gasteiger partial charge in [-0.05, 0) is 19.9 Å². The van der Waals surface area contributed by atoms with Crippen LogP contribution in [0.25, 0.3) is 0 Å². The maximum Gasteiger partial charge on any atom is 0.0566 e. The van der Waals surface area contributed by atoms with Crippen LogP contribution in [0, 0.1) is 0 Å². The highest BCUT2D eigenvalue weighted by Crippen LogP contribution is 1.72. The maximum atomic E-state index is 3.91. The molecule has 0 aromatic heterocycles. The van der Waals surface area contributed by atoms with Gasteiger partial charge in [0.15, 0.2) is 0 Å². The summed E-state index contributed by atoms with van der Waals surface area (Å²) in [5.41, 5.74) is 3.74. The Kier molecular flexibility index (Phi) is 3.94. The first-order valence-electron chi connectivity index (χ1n) is 2.70. The van der Waals surface area contributed by atoms with E-state index in [0.29, 0.717) is 0 Å². The fourth-order valence-corrected chi connectivity index (χ4v) is 0.249. The molecule has 0 spiro atoms. The molecule has 0 aliphatic heterocycles. The van der Waals surface area contributed by atoms with Crippen LogP contribution in [0.1, 0.15) is 13.8 Å². The normalized spacial score (nSPS) is 11.0. The van der Waals surface area contributed by atoms with E-state index in [1.165, 1.54) is 0 Å². The largest absolute Gasteiger partial charge is 0.310 e. The maximum absolute atomic E-state index is 3.91. The van der Waals surface area contributed by atoms with E-state index in [1.807, 2.05) is 13.8 Å². The molecule has 8 heavy (non-hydrogen) atoms. The molecule has 0 aliphatic carbocycles. The van der Waals surface area contributed by atoms with E-state index >= 15 is 0 Å². The first kappa shape index (κ1) is 7.21. The summed E-state index contributed by atoms with van der Waals surface area (Å²) in [4.78, 5) is 0. The van der Waals surface area contributed by atoms with E-state index in [0.717, 1.165) is 12.3 Å². The Morgan fingerprint density at radius 1 is 1.88 bits per heavy atom. The van der Waals surface area contributed by atoms with Gasteiger partial charge in [-0.2, -0.15) is 5.10 Å². The monoisotopic (exact) mass is 112 g/mol. The van der Waals surface area contributed by atoms with Crippen LogP contribution in [-0.2, 0) is 0 Å². The summed E-state index contributed by atoms with van der Waals surface area (Å²) < 4.78 is 0. The minimum Gasteiger partial charge on any atom is -0.310 e. The zero-order valence-corrected chi connectivity index (χ0v) is 5.44. The van der Waals surface area contributed by atoms with Crippen molar-refractivity contribution in [3.05, 3.63) is 12.7 Å². The summed E-state index contributed by atoms with van der Waals surface area (Å²) in [6, 6.07) is 0. The van der Waals surface area contributed by atoms with Crippen molar-refractivity contribution in [1.29, 1.82) is 0 Å². The zero-order valence-electron chi connectivity index (χ0n) is 5.44. The Morgan fingerprint density at radius 3 is 2.88 bits per heavy atom. The number of nitrogens with one attached hydrogen (secondary N) is 1. The third kappa shape index (κ3) is 3.40. The minimum atomic E-state index is 0.866. The second kappa shape index (κ2) is 4.37. The number of allylic oxidation sites excluding steroid dienone is 1. The van der Waals surface area contributed by atoms with Crippen molar-refractivity contribution in [2.75, 3.05) is 6.54 Å². The van der Waals surface area contributed by atoms with Crippen LogP contribution in [0.5, 0.6) is 0 Å². The van der Waals surface area contributed by atoms with Gasteiger partial charge in [-0.15, -0.1) is 0 Å². The topological polar surface area (TPSA) is 24.4 Å². The fourth-order valence-electron chi connectivity index (χ4n) is 0.249. The van der Waals surface area contributed by atoms with Crippen molar-refractivity contribution in [3.63, 3.8) is 0 Å². The van der Waals surface area contributed by atoms with Crippen LogP contribution in [0.15, 0.2) is 17.8 Å². The average Bonchev–Trinajstić information content (AvgIpc) is 1.83. The Labute approximate surface area is 50.3 Å². The molecule has 0 amide bonds. The van der Waals surface area contributed by atoms with Gasteiger partial charge in [0.25, 0.3) is 0 Å². The number of hydrazone groups is 1. The van der Waals surface area contributed by atoms with Crippen molar-refractivity contribution < 1.29 is 0 Å². The van der Waals surface area contributed by atoms with Gasteiger partial charge in [0.2, 0.25) is 0 Å². The molecule has 2 nitrogen and oxygen atoms in total. The summed E-state index contributed by atoms with van der Waals surface area (Å²) >= 11 is 0. The predicted octanol–water partition coefficient (Wildman–Crippen LogP) is 1.16. The molecule has 0 aliphatic rings. The van der Waals surface area contributed by atoms with Crippen molar-refractivity contribution in [2.45, 2.75) is 13.8 Å². The van der Waals surface area contributed by atoms with Crippen LogP contribution in [0.4, 0.5) is 0 Å². The van der Waals surface area contributed by atoms with Gasteiger partial charge in [-0.3, -0.25) is 0 Å². The fraction of sp³-hybridized carbons (Fsp3) is 0.500. The second-order valence-electron chi connectivity index (χ2n) is 1.47. The third-order valence-corrected chi connectivity index (χ3v) is 0.709. The van der Waals surface area contributed by atoms with E-state index in [4.69, 9.17) is 0 Å². The van der Waals surface area contributed by atoms with Crippen LogP contribution in [0.3, 0.4) is 0 Å². The quantitative estimate of drug-likeness (QED) is 0.430. The Balaban J connectivity index is 3.40.